The third-order valence-corrected chi connectivity index (χ3v) is 4.35. The molecule has 0 saturated heterocycles. The van der Waals surface area contributed by atoms with Crippen LogP contribution in [0.4, 0.5) is 10.5 Å². The fraction of sp³-hybridized carbons (Fsp3) is 0.400. The van der Waals surface area contributed by atoms with Crippen LogP contribution in [0.1, 0.15) is 36.2 Å². The van der Waals surface area contributed by atoms with E-state index < -0.39 is 0 Å². The highest BCUT2D eigenvalue weighted by Crippen LogP contribution is 2.21. The van der Waals surface area contributed by atoms with Crippen LogP contribution < -0.4 is 5.32 Å². The molecule has 2 rings (SSSR count). The van der Waals surface area contributed by atoms with E-state index in [1.165, 1.54) is 5.56 Å². The molecule has 0 saturated carbocycles. The topological polar surface area (TPSA) is 54.5 Å². The number of carbonyl (C=O) groups is 1. The van der Waals surface area contributed by atoms with Crippen LogP contribution in [-0.2, 0) is 4.74 Å². The monoisotopic (exact) mass is 341 g/mol. The molecule has 134 valence electrons. The molecule has 0 spiro atoms. The zero-order chi connectivity index (χ0) is 18.2. The maximum atomic E-state index is 12.9. The molecule has 0 fully saturated rings. The highest BCUT2D eigenvalue weighted by Gasteiger charge is 2.22. The van der Waals surface area contributed by atoms with Crippen molar-refractivity contribution in [3.63, 3.8) is 0 Å². The molecule has 5 nitrogen and oxygen atoms in total. The molecule has 0 aliphatic carbocycles. The Morgan fingerprint density at radius 3 is 2.68 bits per heavy atom. The minimum atomic E-state index is -0.127. The van der Waals surface area contributed by atoms with Gasteiger partial charge in [-0.2, -0.15) is 0 Å². The van der Waals surface area contributed by atoms with E-state index in [9.17, 15) is 4.79 Å². The lowest BCUT2D eigenvalue weighted by molar-refractivity contribution is 0.160. The van der Waals surface area contributed by atoms with Crippen molar-refractivity contribution in [2.24, 2.45) is 0 Å². The zero-order valence-corrected chi connectivity index (χ0v) is 15.5. The van der Waals surface area contributed by atoms with Gasteiger partial charge in [0.1, 0.15) is 0 Å². The molecule has 1 N–H and O–H groups in total. The Labute approximate surface area is 150 Å². The number of hydrogen-bond acceptors (Lipinski definition) is 3. The number of pyridine rings is 1. The zero-order valence-electron chi connectivity index (χ0n) is 15.5. The van der Waals surface area contributed by atoms with Gasteiger partial charge >= 0.3 is 6.03 Å². The number of methoxy groups -OCH3 is 1. The first kappa shape index (κ1) is 18.9. The second kappa shape index (κ2) is 9.18. The summed E-state index contributed by atoms with van der Waals surface area (Å²) in [4.78, 5) is 19.1. The Bertz CT molecular complexity index is 689. The van der Waals surface area contributed by atoms with Gasteiger partial charge in [-0.1, -0.05) is 12.1 Å². The highest BCUT2D eigenvalue weighted by atomic mass is 16.5. The third-order valence-electron chi connectivity index (χ3n) is 4.35. The summed E-state index contributed by atoms with van der Waals surface area (Å²) in [6, 6.07) is 11.4. The summed E-state index contributed by atoms with van der Waals surface area (Å²) in [5, 5.41) is 3.01. The number of urea groups is 1. The minimum absolute atomic E-state index is 0.121. The molecule has 1 aromatic carbocycles. The Balaban J connectivity index is 2.15. The minimum Gasteiger partial charge on any atom is -0.385 e. The lowest BCUT2D eigenvalue weighted by atomic mass is 10.1. The quantitative estimate of drug-likeness (QED) is 0.763. The molecule has 1 heterocycles. The van der Waals surface area contributed by atoms with Gasteiger partial charge in [0.05, 0.1) is 11.7 Å². The van der Waals surface area contributed by atoms with Crippen molar-refractivity contribution in [3.8, 4) is 0 Å². The van der Waals surface area contributed by atoms with Gasteiger partial charge in [-0.15, -0.1) is 0 Å². The van der Waals surface area contributed by atoms with Gasteiger partial charge in [0.2, 0.25) is 0 Å². The van der Waals surface area contributed by atoms with Gasteiger partial charge in [-0.3, -0.25) is 4.98 Å². The van der Waals surface area contributed by atoms with Crippen molar-refractivity contribution < 1.29 is 9.53 Å². The maximum absolute atomic E-state index is 12.9. The average molecular weight is 341 g/mol. The standard InChI is InChI=1S/C20H27N3O2/c1-15-9-10-18(14-16(15)2)22-20(24)23(12-7-13-25-4)17(3)19-8-5-6-11-21-19/h5-6,8-11,14,17H,7,12-13H2,1-4H3,(H,22,24)/t17-/m1/s1. The van der Waals surface area contributed by atoms with E-state index in [1.54, 1.807) is 18.2 Å². The lowest BCUT2D eigenvalue weighted by Gasteiger charge is -2.29. The smallest absolute Gasteiger partial charge is 0.322 e. The SMILES string of the molecule is COCCCN(C(=O)Nc1ccc(C)c(C)c1)[C@H](C)c1ccccn1. The number of carbonyl (C=O) groups excluding carboxylic acids is 1. The van der Waals surface area contributed by atoms with Gasteiger partial charge in [0.15, 0.2) is 0 Å². The number of nitrogens with zero attached hydrogens (tertiary/aromatic N) is 2. The number of aromatic nitrogens is 1. The van der Waals surface area contributed by atoms with Gasteiger partial charge in [0, 0.05) is 32.1 Å². The Hall–Kier alpha value is -2.40. The van der Waals surface area contributed by atoms with Crippen LogP contribution in [0.3, 0.4) is 0 Å². The summed E-state index contributed by atoms with van der Waals surface area (Å²) in [5.74, 6) is 0. The molecule has 1 aromatic heterocycles. The van der Waals surface area contributed by atoms with E-state index in [0.717, 1.165) is 23.4 Å². The molecule has 2 aromatic rings. The normalized spacial score (nSPS) is 11.8. The molecule has 2 amide bonds. The first-order valence-electron chi connectivity index (χ1n) is 8.57. The summed E-state index contributed by atoms with van der Waals surface area (Å²) in [6.07, 6.45) is 2.52. The fourth-order valence-electron chi connectivity index (χ4n) is 2.65. The van der Waals surface area contributed by atoms with Crippen molar-refractivity contribution in [3.05, 3.63) is 59.4 Å². The maximum Gasteiger partial charge on any atom is 0.322 e. The Morgan fingerprint density at radius 1 is 1.24 bits per heavy atom. The molecule has 1 atom stereocenters. The van der Waals surface area contributed by atoms with Crippen LogP contribution in [0.15, 0.2) is 42.6 Å². The predicted octanol–water partition coefficient (Wildman–Crippen LogP) is 4.33. The molecule has 25 heavy (non-hydrogen) atoms. The molecule has 0 aliphatic rings. The Morgan fingerprint density at radius 2 is 2.04 bits per heavy atom. The van der Waals surface area contributed by atoms with Crippen molar-refractivity contribution >= 4 is 11.7 Å². The predicted molar refractivity (Wildman–Crippen MR) is 101 cm³/mol. The summed E-state index contributed by atoms with van der Waals surface area (Å²) >= 11 is 0. The number of rotatable bonds is 7. The van der Waals surface area contributed by atoms with Crippen molar-refractivity contribution in [1.29, 1.82) is 0 Å². The van der Waals surface area contributed by atoms with E-state index in [2.05, 4.69) is 17.2 Å². The molecular formula is C20H27N3O2. The second-order valence-corrected chi connectivity index (χ2v) is 6.20. The highest BCUT2D eigenvalue weighted by molar-refractivity contribution is 5.89. The first-order chi connectivity index (χ1) is 12.0. The molecule has 0 bridgehead atoms. The summed E-state index contributed by atoms with van der Waals surface area (Å²) in [5.41, 5.74) is 4.03. The van der Waals surface area contributed by atoms with Crippen LogP contribution in [-0.4, -0.2) is 36.2 Å². The van der Waals surface area contributed by atoms with Gasteiger partial charge < -0.3 is 15.0 Å². The average Bonchev–Trinajstić information content (AvgIpc) is 2.62. The van der Waals surface area contributed by atoms with Gasteiger partial charge in [-0.05, 0) is 62.6 Å². The number of amides is 2. The van der Waals surface area contributed by atoms with E-state index in [-0.39, 0.29) is 12.1 Å². The number of anilines is 1. The van der Waals surface area contributed by atoms with Gasteiger partial charge in [-0.25, -0.2) is 4.79 Å². The second-order valence-electron chi connectivity index (χ2n) is 6.20. The summed E-state index contributed by atoms with van der Waals surface area (Å²) < 4.78 is 5.13. The molecule has 0 aliphatic heterocycles. The number of ether oxygens (including phenoxy) is 1. The largest absolute Gasteiger partial charge is 0.385 e. The van der Waals surface area contributed by atoms with E-state index in [1.807, 2.05) is 50.2 Å². The van der Waals surface area contributed by atoms with Crippen molar-refractivity contribution in [2.45, 2.75) is 33.2 Å². The first-order valence-corrected chi connectivity index (χ1v) is 8.57. The lowest BCUT2D eigenvalue weighted by Crippen LogP contribution is -2.38. The van der Waals surface area contributed by atoms with E-state index >= 15 is 0 Å². The third kappa shape index (κ3) is 5.29. The molecule has 5 heteroatoms. The molecule has 0 radical (unpaired) electrons. The van der Waals surface area contributed by atoms with Crippen molar-refractivity contribution in [1.82, 2.24) is 9.88 Å². The Kier molecular flexibility index (Phi) is 6.95. The van der Waals surface area contributed by atoms with Crippen LogP contribution in [0.25, 0.3) is 0 Å². The van der Waals surface area contributed by atoms with Crippen LogP contribution in [0.5, 0.6) is 0 Å². The van der Waals surface area contributed by atoms with Gasteiger partial charge in [0.25, 0.3) is 0 Å². The number of hydrogen-bond donors (Lipinski definition) is 1. The van der Waals surface area contributed by atoms with E-state index in [4.69, 9.17) is 4.74 Å². The van der Waals surface area contributed by atoms with Crippen LogP contribution >= 0.6 is 0 Å². The van der Waals surface area contributed by atoms with Crippen LogP contribution in [0.2, 0.25) is 0 Å². The number of nitrogens with one attached hydrogen (secondary N) is 1. The summed E-state index contributed by atoms with van der Waals surface area (Å²) in [6.45, 7) is 7.30. The summed E-state index contributed by atoms with van der Waals surface area (Å²) in [7, 11) is 1.67. The fourth-order valence-corrected chi connectivity index (χ4v) is 2.65. The number of benzene rings is 1. The van der Waals surface area contributed by atoms with Crippen LogP contribution in [0, 0.1) is 13.8 Å². The van der Waals surface area contributed by atoms with E-state index in [0.29, 0.717) is 13.2 Å². The molecular weight excluding hydrogens is 314 g/mol. The van der Waals surface area contributed by atoms with Crippen molar-refractivity contribution in [2.75, 3.05) is 25.6 Å². The molecule has 0 unspecified atom stereocenters. The number of aryl methyl sites for hydroxylation is 2.